The van der Waals surface area contributed by atoms with Gasteiger partial charge in [-0.25, -0.2) is 0 Å². The van der Waals surface area contributed by atoms with Gasteiger partial charge in [0.25, 0.3) is 5.91 Å². The number of nitrogens with zero attached hydrogens (tertiary/aromatic N) is 3. The van der Waals surface area contributed by atoms with Gasteiger partial charge in [-0.05, 0) is 49.2 Å². The van der Waals surface area contributed by atoms with Gasteiger partial charge in [0.2, 0.25) is 0 Å². The Morgan fingerprint density at radius 2 is 1.78 bits per heavy atom. The van der Waals surface area contributed by atoms with Crippen molar-refractivity contribution in [1.82, 2.24) is 15.1 Å². The fourth-order valence-electron chi connectivity index (χ4n) is 4.13. The van der Waals surface area contributed by atoms with Crippen molar-refractivity contribution in [1.29, 1.82) is 10.8 Å². The second kappa shape index (κ2) is 11.7. The number of amides is 1. The van der Waals surface area contributed by atoms with Crippen molar-refractivity contribution in [3.63, 3.8) is 0 Å². The second-order valence-corrected chi connectivity index (χ2v) is 9.74. The lowest BCUT2D eigenvalue weighted by Gasteiger charge is -2.32. The van der Waals surface area contributed by atoms with Crippen molar-refractivity contribution >= 4 is 34.9 Å². The first-order chi connectivity index (χ1) is 17.0. The molecule has 2 aromatic carbocycles. The van der Waals surface area contributed by atoms with Crippen LogP contribution in [0.3, 0.4) is 0 Å². The number of halogens is 1. The van der Waals surface area contributed by atoms with E-state index in [0.29, 0.717) is 29.4 Å². The number of carbonyl (C=O) groups is 1. The summed E-state index contributed by atoms with van der Waals surface area (Å²) in [5.41, 5.74) is 1.89. The average molecular weight is 515 g/mol. The van der Waals surface area contributed by atoms with Gasteiger partial charge in [-0.2, -0.15) is 0 Å². The van der Waals surface area contributed by atoms with Crippen LogP contribution in [0.2, 0.25) is 5.02 Å². The lowest BCUT2D eigenvalue weighted by molar-refractivity contribution is -0.114. The fraction of sp³-hybridized carbons (Fsp3) is 0.423. The Morgan fingerprint density at radius 1 is 1.11 bits per heavy atom. The van der Waals surface area contributed by atoms with E-state index in [-0.39, 0.29) is 28.8 Å². The van der Waals surface area contributed by atoms with Gasteiger partial charge in [-0.1, -0.05) is 31.5 Å². The molecule has 1 fully saturated rings. The van der Waals surface area contributed by atoms with Crippen molar-refractivity contribution in [3.8, 4) is 11.5 Å². The van der Waals surface area contributed by atoms with Gasteiger partial charge in [-0.3, -0.25) is 25.4 Å². The zero-order valence-electron chi connectivity index (χ0n) is 21.2. The molecule has 9 nitrogen and oxygen atoms in total. The number of hydrogen-bond acceptors (Lipinski definition) is 7. The first-order valence-electron chi connectivity index (χ1n) is 12.0. The third kappa shape index (κ3) is 6.16. The standard InChI is InChI=1S/C26H35ClN6O3/c1-5-30-26(36)25(29)33(24(28)20-13-19(16(2)3)22(34)14-23(20)35)18-7-6-17(21(27)12-18)15-32-10-8-31(4)9-11-32/h6-7,12-14,16,28-29,34-35H,5,8-11,15H2,1-4H3,(H,30,36). The minimum absolute atomic E-state index is 0.0725. The third-order valence-electron chi connectivity index (χ3n) is 6.31. The molecule has 0 spiro atoms. The van der Waals surface area contributed by atoms with E-state index in [2.05, 4.69) is 22.2 Å². The number of piperazine rings is 1. The highest BCUT2D eigenvalue weighted by molar-refractivity contribution is 6.48. The van der Waals surface area contributed by atoms with Gasteiger partial charge < -0.3 is 20.4 Å². The number of hydrogen-bond donors (Lipinski definition) is 5. The summed E-state index contributed by atoms with van der Waals surface area (Å²) in [6.45, 7) is 10.3. The summed E-state index contributed by atoms with van der Waals surface area (Å²) in [6, 6.07) is 7.90. The Hall–Kier alpha value is -3.14. The molecule has 5 N–H and O–H groups in total. The topological polar surface area (TPSA) is 127 Å². The van der Waals surface area contributed by atoms with Crippen LogP contribution in [-0.4, -0.2) is 77.4 Å². The van der Waals surface area contributed by atoms with E-state index in [0.717, 1.165) is 36.6 Å². The molecule has 0 unspecified atom stereocenters. The number of aromatic hydroxyl groups is 2. The summed E-state index contributed by atoms with van der Waals surface area (Å²) in [4.78, 5) is 18.4. The summed E-state index contributed by atoms with van der Waals surface area (Å²) < 4.78 is 0. The first-order valence-corrected chi connectivity index (χ1v) is 12.4. The van der Waals surface area contributed by atoms with Crippen molar-refractivity contribution < 1.29 is 15.0 Å². The number of benzene rings is 2. The third-order valence-corrected chi connectivity index (χ3v) is 6.66. The minimum Gasteiger partial charge on any atom is -0.508 e. The van der Waals surface area contributed by atoms with E-state index in [9.17, 15) is 15.0 Å². The Bertz CT molecular complexity index is 1140. The molecule has 0 aromatic heterocycles. The molecule has 1 heterocycles. The van der Waals surface area contributed by atoms with Gasteiger partial charge >= 0.3 is 0 Å². The van der Waals surface area contributed by atoms with E-state index in [1.54, 1.807) is 19.1 Å². The average Bonchev–Trinajstić information content (AvgIpc) is 2.82. The monoisotopic (exact) mass is 514 g/mol. The van der Waals surface area contributed by atoms with Crippen molar-refractivity contribution in [2.45, 2.75) is 33.2 Å². The summed E-state index contributed by atoms with van der Waals surface area (Å²) in [5, 5.41) is 41.3. The number of likely N-dealkylation sites (N-methyl/N-ethyl adjacent to an activating group) is 2. The number of anilines is 1. The Labute approximate surface area is 217 Å². The van der Waals surface area contributed by atoms with E-state index < -0.39 is 11.7 Å². The quantitative estimate of drug-likeness (QED) is 0.296. The number of phenolic OH excluding ortho intramolecular Hbond substituents is 2. The molecule has 3 rings (SSSR count). The molecular formula is C26H35ClN6O3. The number of amidine groups is 2. The van der Waals surface area contributed by atoms with Crippen molar-refractivity contribution in [3.05, 3.63) is 52.0 Å². The predicted molar refractivity (Wildman–Crippen MR) is 144 cm³/mol. The Kier molecular flexibility index (Phi) is 8.94. The lowest BCUT2D eigenvalue weighted by Crippen LogP contribution is -2.46. The van der Waals surface area contributed by atoms with E-state index >= 15 is 0 Å². The van der Waals surface area contributed by atoms with Crippen LogP contribution in [0, 0.1) is 10.8 Å². The van der Waals surface area contributed by atoms with Gasteiger partial charge in [0.05, 0.1) is 11.3 Å². The fourth-order valence-corrected chi connectivity index (χ4v) is 4.37. The lowest BCUT2D eigenvalue weighted by atomic mass is 9.98. The maximum atomic E-state index is 12.6. The SMILES string of the molecule is CCNC(=O)C(=N)N(C(=N)c1cc(C(C)C)c(O)cc1O)c1ccc(CN2CCN(C)CC2)c(Cl)c1. The van der Waals surface area contributed by atoms with Crippen LogP contribution in [0.1, 0.15) is 43.4 Å². The summed E-state index contributed by atoms with van der Waals surface area (Å²) in [7, 11) is 2.10. The molecule has 1 saturated heterocycles. The highest BCUT2D eigenvalue weighted by Crippen LogP contribution is 2.34. The molecule has 10 heteroatoms. The molecule has 194 valence electrons. The summed E-state index contributed by atoms with van der Waals surface area (Å²) in [5.74, 6) is -1.91. The minimum atomic E-state index is -0.665. The Morgan fingerprint density at radius 3 is 2.36 bits per heavy atom. The van der Waals surface area contributed by atoms with Crippen LogP contribution in [-0.2, 0) is 11.3 Å². The van der Waals surface area contributed by atoms with Crippen LogP contribution in [0.5, 0.6) is 11.5 Å². The van der Waals surface area contributed by atoms with Crippen LogP contribution in [0.25, 0.3) is 0 Å². The number of carbonyl (C=O) groups excluding carboxylic acids is 1. The van der Waals surface area contributed by atoms with Gasteiger partial charge in [0.15, 0.2) is 5.84 Å². The summed E-state index contributed by atoms with van der Waals surface area (Å²) in [6.07, 6.45) is 0. The predicted octanol–water partition coefficient (Wildman–Crippen LogP) is 3.57. The number of nitrogens with one attached hydrogen (secondary N) is 3. The molecule has 0 radical (unpaired) electrons. The zero-order valence-corrected chi connectivity index (χ0v) is 22.0. The summed E-state index contributed by atoms with van der Waals surface area (Å²) >= 11 is 6.65. The van der Waals surface area contributed by atoms with Gasteiger partial charge in [0, 0.05) is 50.4 Å². The molecule has 2 aromatic rings. The van der Waals surface area contributed by atoms with Crippen molar-refractivity contribution in [2.75, 3.05) is 44.7 Å². The number of phenols is 2. The van der Waals surface area contributed by atoms with E-state index in [1.807, 2.05) is 19.9 Å². The molecule has 0 atom stereocenters. The van der Waals surface area contributed by atoms with Crippen LogP contribution >= 0.6 is 11.6 Å². The molecule has 0 aliphatic carbocycles. The molecule has 1 amide bonds. The maximum absolute atomic E-state index is 12.6. The largest absolute Gasteiger partial charge is 0.508 e. The Balaban J connectivity index is 1.99. The maximum Gasteiger partial charge on any atom is 0.287 e. The number of rotatable bonds is 6. The first kappa shape index (κ1) is 27.4. The van der Waals surface area contributed by atoms with E-state index in [1.165, 1.54) is 12.1 Å². The van der Waals surface area contributed by atoms with Crippen LogP contribution in [0.15, 0.2) is 30.3 Å². The normalized spacial score (nSPS) is 14.6. The molecule has 1 aliphatic rings. The van der Waals surface area contributed by atoms with E-state index in [4.69, 9.17) is 22.4 Å². The second-order valence-electron chi connectivity index (χ2n) is 9.33. The van der Waals surface area contributed by atoms with Crippen LogP contribution in [0.4, 0.5) is 5.69 Å². The van der Waals surface area contributed by atoms with Crippen LogP contribution < -0.4 is 10.2 Å². The van der Waals surface area contributed by atoms with Gasteiger partial charge in [-0.15, -0.1) is 0 Å². The van der Waals surface area contributed by atoms with Crippen molar-refractivity contribution in [2.24, 2.45) is 0 Å². The molecular weight excluding hydrogens is 480 g/mol. The highest BCUT2D eigenvalue weighted by Gasteiger charge is 2.27. The molecule has 0 saturated carbocycles. The van der Waals surface area contributed by atoms with Gasteiger partial charge in [0.1, 0.15) is 17.3 Å². The molecule has 36 heavy (non-hydrogen) atoms. The highest BCUT2D eigenvalue weighted by atomic mass is 35.5. The smallest absolute Gasteiger partial charge is 0.287 e. The molecule has 0 bridgehead atoms. The zero-order chi connectivity index (χ0) is 26.6. The molecule has 1 aliphatic heterocycles.